The largest absolute Gasteiger partial charge is 0.478 e. The van der Waals surface area contributed by atoms with Crippen LogP contribution in [0.2, 0.25) is 5.02 Å². The third kappa shape index (κ3) is 4.00. The topological polar surface area (TPSA) is 40.5 Å². The van der Waals surface area contributed by atoms with Crippen LogP contribution in [0.5, 0.6) is 0 Å². The van der Waals surface area contributed by atoms with Crippen LogP contribution < -0.4 is 4.90 Å². The van der Waals surface area contributed by atoms with Crippen LogP contribution in [0.1, 0.15) is 25.3 Å². The Bertz CT molecular complexity index is 495. The lowest BCUT2D eigenvalue weighted by atomic mass is 10.1. The van der Waals surface area contributed by atoms with E-state index in [2.05, 4.69) is 11.8 Å². The Balaban J connectivity index is 2.28. The van der Waals surface area contributed by atoms with E-state index in [1.54, 1.807) is 12.1 Å². The van der Waals surface area contributed by atoms with Crippen molar-refractivity contribution >= 4 is 29.3 Å². The van der Waals surface area contributed by atoms with Crippen molar-refractivity contribution in [3.05, 3.63) is 34.9 Å². The SMILES string of the molecule is CCN(CC1CC1)c1cc(Cl)ccc1/C=C/C(=O)O. The average molecular weight is 280 g/mol. The molecule has 19 heavy (non-hydrogen) atoms. The lowest BCUT2D eigenvalue weighted by Crippen LogP contribution is -2.25. The van der Waals surface area contributed by atoms with Gasteiger partial charge in [0.15, 0.2) is 0 Å². The summed E-state index contributed by atoms with van der Waals surface area (Å²) in [5.41, 5.74) is 1.91. The molecule has 1 aliphatic rings. The summed E-state index contributed by atoms with van der Waals surface area (Å²) in [6.07, 6.45) is 5.37. The maximum Gasteiger partial charge on any atom is 0.328 e. The number of nitrogens with zero attached hydrogens (tertiary/aromatic N) is 1. The maximum absolute atomic E-state index is 10.7. The van der Waals surface area contributed by atoms with E-state index in [1.165, 1.54) is 12.8 Å². The summed E-state index contributed by atoms with van der Waals surface area (Å²) in [6, 6.07) is 5.57. The molecule has 0 aliphatic heterocycles. The summed E-state index contributed by atoms with van der Waals surface area (Å²) in [5, 5.41) is 9.42. The summed E-state index contributed by atoms with van der Waals surface area (Å²) in [4.78, 5) is 12.9. The number of anilines is 1. The Morgan fingerprint density at radius 3 is 2.84 bits per heavy atom. The van der Waals surface area contributed by atoms with Gasteiger partial charge in [-0.1, -0.05) is 17.7 Å². The van der Waals surface area contributed by atoms with E-state index in [4.69, 9.17) is 16.7 Å². The van der Waals surface area contributed by atoms with Gasteiger partial charge in [0.25, 0.3) is 0 Å². The predicted octanol–water partition coefficient (Wildman–Crippen LogP) is 3.67. The van der Waals surface area contributed by atoms with Crippen molar-refractivity contribution in [1.29, 1.82) is 0 Å². The fraction of sp³-hybridized carbons (Fsp3) is 0.400. The second-order valence-corrected chi connectivity index (χ2v) is 5.29. The normalized spacial score (nSPS) is 14.8. The van der Waals surface area contributed by atoms with Gasteiger partial charge in [0.05, 0.1) is 0 Å². The number of aliphatic carboxylic acids is 1. The lowest BCUT2D eigenvalue weighted by molar-refractivity contribution is -0.131. The number of carboxylic acid groups (broad SMARTS) is 1. The molecular formula is C15H18ClNO2. The number of carbonyl (C=O) groups is 1. The number of halogens is 1. The molecule has 0 unspecified atom stereocenters. The van der Waals surface area contributed by atoms with Crippen molar-refractivity contribution in [3.8, 4) is 0 Å². The molecule has 0 bridgehead atoms. The first-order valence-corrected chi connectivity index (χ1v) is 6.93. The first-order chi connectivity index (χ1) is 9.10. The number of carboxylic acids is 1. The van der Waals surface area contributed by atoms with Crippen molar-refractivity contribution in [1.82, 2.24) is 0 Å². The zero-order valence-corrected chi connectivity index (χ0v) is 11.7. The van der Waals surface area contributed by atoms with Crippen molar-refractivity contribution < 1.29 is 9.90 Å². The maximum atomic E-state index is 10.7. The third-order valence-corrected chi connectivity index (χ3v) is 3.53. The Morgan fingerprint density at radius 1 is 1.53 bits per heavy atom. The fourth-order valence-corrected chi connectivity index (χ4v) is 2.27. The molecule has 0 spiro atoms. The molecular weight excluding hydrogens is 262 g/mol. The van der Waals surface area contributed by atoms with Crippen molar-refractivity contribution in [2.75, 3.05) is 18.0 Å². The van der Waals surface area contributed by atoms with Gasteiger partial charge in [0, 0.05) is 29.9 Å². The molecule has 0 saturated heterocycles. The molecule has 2 rings (SSSR count). The minimum atomic E-state index is -0.939. The van der Waals surface area contributed by atoms with Crippen LogP contribution in [0.4, 0.5) is 5.69 Å². The van der Waals surface area contributed by atoms with E-state index in [-0.39, 0.29) is 0 Å². The van der Waals surface area contributed by atoms with Gasteiger partial charge < -0.3 is 10.0 Å². The molecule has 0 radical (unpaired) electrons. The molecule has 1 saturated carbocycles. The molecule has 1 aliphatic carbocycles. The Kier molecular flexibility index (Phi) is 4.48. The van der Waals surface area contributed by atoms with Gasteiger partial charge in [-0.05, 0) is 49.5 Å². The molecule has 4 heteroatoms. The summed E-state index contributed by atoms with van der Waals surface area (Å²) in [7, 11) is 0. The van der Waals surface area contributed by atoms with Crippen LogP contribution in [0, 0.1) is 5.92 Å². The van der Waals surface area contributed by atoms with Gasteiger partial charge in [-0.2, -0.15) is 0 Å². The van der Waals surface area contributed by atoms with Gasteiger partial charge in [-0.3, -0.25) is 0 Å². The molecule has 1 aromatic carbocycles. The zero-order chi connectivity index (χ0) is 13.8. The summed E-state index contributed by atoms with van der Waals surface area (Å²) in [6.45, 7) is 4.02. The molecule has 1 fully saturated rings. The zero-order valence-electron chi connectivity index (χ0n) is 11.0. The summed E-state index contributed by atoms with van der Waals surface area (Å²) >= 11 is 6.07. The molecule has 0 amide bonds. The van der Waals surface area contributed by atoms with Gasteiger partial charge in [-0.15, -0.1) is 0 Å². The number of benzene rings is 1. The van der Waals surface area contributed by atoms with E-state index in [0.717, 1.165) is 36.3 Å². The molecule has 102 valence electrons. The second-order valence-electron chi connectivity index (χ2n) is 4.86. The van der Waals surface area contributed by atoms with Crippen LogP contribution in [0.3, 0.4) is 0 Å². The minimum Gasteiger partial charge on any atom is -0.478 e. The van der Waals surface area contributed by atoms with E-state index in [1.807, 2.05) is 12.1 Å². The first kappa shape index (κ1) is 13.9. The smallest absolute Gasteiger partial charge is 0.328 e. The van der Waals surface area contributed by atoms with Gasteiger partial charge in [0.1, 0.15) is 0 Å². The van der Waals surface area contributed by atoms with E-state index in [9.17, 15) is 4.79 Å². The molecule has 0 atom stereocenters. The summed E-state index contributed by atoms with van der Waals surface area (Å²) < 4.78 is 0. The highest BCUT2D eigenvalue weighted by Gasteiger charge is 2.24. The lowest BCUT2D eigenvalue weighted by Gasteiger charge is -2.25. The van der Waals surface area contributed by atoms with Crippen LogP contribution in [0.15, 0.2) is 24.3 Å². The number of rotatable bonds is 6. The Hall–Kier alpha value is -1.48. The summed E-state index contributed by atoms with van der Waals surface area (Å²) in [5.74, 6) is -0.165. The van der Waals surface area contributed by atoms with E-state index < -0.39 is 5.97 Å². The highest BCUT2D eigenvalue weighted by molar-refractivity contribution is 6.31. The van der Waals surface area contributed by atoms with E-state index >= 15 is 0 Å². The minimum absolute atomic E-state index is 0.678. The van der Waals surface area contributed by atoms with Crippen molar-refractivity contribution in [3.63, 3.8) is 0 Å². The molecule has 0 heterocycles. The highest BCUT2D eigenvalue weighted by atomic mass is 35.5. The standard InChI is InChI=1S/C15H18ClNO2/c1-2-17(10-11-3-4-11)14-9-13(16)7-5-12(14)6-8-15(18)19/h5-9,11H,2-4,10H2,1H3,(H,18,19)/b8-6+. The fourth-order valence-electron chi connectivity index (χ4n) is 2.10. The van der Waals surface area contributed by atoms with Crippen LogP contribution in [-0.2, 0) is 4.79 Å². The number of hydrogen-bond acceptors (Lipinski definition) is 2. The third-order valence-electron chi connectivity index (χ3n) is 3.30. The predicted molar refractivity (Wildman–Crippen MR) is 78.7 cm³/mol. The quantitative estimate of drug-likeness (QED) is 0.808. The van der Waals surface area contributed by atoms with Crippen LogP contribution in [0.25, 0.3) is 6.08 Å². The molecule has 0 aromatic heterocycles. The molecule has 1 N–H and O–H groups in total. The number of hydrogen-bond donors (Lipinski definition) is 1. The van der Waals surface area contributed by atoms with Gasteiger partial charge in [-0.25, -0.2) is 4.79 Å². The highest BCUT2D eigenvalue weighted by Crippen LogP contribution is 2.33. The average Bonchev–Trinajstić information content (AvgIpc) is 3.18. The van der Waals surface area contributed by atoms with Crippen LogP contribution in [-0.4, -0.2) is 24.2 Å². The molecule has 3 nitrogen and oxygen atoms in total. The van der Waals surface area contributed by atoms with Gasteiger partial charge >= 0.3 is 5.97 Å². The Labute approximate surface area is 118 Å². The van der Waals surface area contributed by atoms with E-state index in [0.29, 0.717) is 5.02 Å². The first-order valence-electron chi connectivity index (χ1n) is 6.55. The molecule has 1 aromatic rings. The Morgan fingerprint density at radius 2 is 2.26 bits per heavy atom. The second kappa shape index (κ2) is 6.11. The van der Waals surface area contributed by atoms with Crippen LogP contribution >= 0.6 is 11.6 Å². The van der Waals surface area contributed by atoms with Crippen molar-refractivity contribution in [2.24, 2.45) is 5.92 Å². The van der Waals surface area contributed by atoms with Gasteiger partial charge in [0.2, 0.25) is 0 Å². The van der Waals surface area contributed by atoms with Crippen molar-refractivity contribution in [2.45, 2.75) is 19.8 Å². The monoisotopic (exact) mass is 279 g/mol.